The van der Waals surface area contributed by atoms with Gasteiger partial charge < -0.3 is 0 Å². The van der Waals surface area contributed by atoms with Gasteiger partial charge in [0, 0.05) is 0 Å². The lowest BCUT2D eigenvalue weighted by Crippen LogP contribution is -2.16. The molecule has 0 spiro atoms. The van der Waals surface area contributed by atoms with Crippen LogP contribution in [-0.2, 0) is 16.4 Å². The summed E-state index contributed by atoms with van der Waals surface area (Å²) in [4.78, 5) is 0.239. The molecule has 0 aromatic heterocycles. The zero-order valence-corrected chi connectivity index (χ0v) is 11.7. The van der Waals surface area contributed by atoms with E-state index in [0.29, 0.717) is 11.0 Å². The van der Waals surface area contributed by atoms with Crippen LogP contribution in [0.25, 0.3) is 0 Å². The van der Waals surface area contributed by atoms with E-state index in [4.69, 9.17) is 5.14 Å². The first-order valence-electron chi connectivity index (χ1n) is 4.65. The van der Waals surface area contributed by atoms with E-state index in [-0.39, 0.29) is 4.90 Å². The summed E-state index contributed by atoms with van der Waals surface area (Å²) in [5, 5.41) is 5.17. The van der Waals surface area contributed by atoms with Crippen LogP contribution in [0.1, 0.15) is 5.56 Å². The van der Waals surface area contributed by atoms with Crippen molar-refractivity contribution in [3.8, 4) is 0 Å². The molecule has 2 N–H and O–H groups in total. The molecule has 0 atom stereocenters. The summed E-state index contributed by atoms with van der Waals surface area (Å²) in [7, 11) is -3.61. The predicted molar refractivity (Wildman–Crippen MR) is 72.3 cm³/mol. The largest absolute Gasteiger partial charge is 0.238 e. The van der Waals surface area contributed by atoms with Gasteiger partial charge in [-0.05, 0) is 30.6 Å². The number of hydrogen-bond donors (Lipinski definition) is 1. The van der Waals surface area contributed by atoms with Gasteiger partial charge in [-0.15, -0.1) is 0 Å². The molecule has 0 saturated heterocycles. The van der Waals surface area contributed by atoms with E-state index >= 15 is 0 Å². The Kier molecular flexibility index (Phi) is 5.17. The number of nitrogens with two attached hydrogens (primary N) is 1. The van der Waals surface area contributed by atoms with E-state index in [9.17, 15) is 8.42 Å². The summed E-state index contributed by atoms with van der Waals surface area (Å²) >= 11 is 3.42. The monoisotopic (exact) mass is 277 g/mol. The fourth-order valence-corrected chi connectivity index (χ4v) is 3.64. The first kappa shape index (κ1) is 13.9. The maximum Gasteiger partial charge on any atom is 0.238 e. The predicted octanol–water partition coefficient (Wildman–Crippen LogP) is 1.93. The van der Waals surface area contributed by atoms with E-state index in [2.05, 4.69) is 0 Å². The highest BCUT2D eigenvalue weighted by Crippen LogP contribution is 2.25. The molecule has 0 aliphatic carbocycles. The van der Waals surface area contributed by atoms with Crippen LogP contribution in [0.15, 0.2) is 29.2 Å². The third-order valence-corrected chi connectivity index (χ3v) is 5.74. The van der Waals surface area contributed by atoms with Gasteiger partial charge in [0.05, 0.1) is 9.48 Å². The van der Waals surface area contributed by atoms with Gasteiger partial charge in [0.1, 0.15) is 0 Å². The SMILES string of the molecule is CSC(Cc1ccccc1S(N)(=O)=O)SC. The Morgan fingerprint density at radius 2 is 1.81 bits per heavy atom. The first-order valence-corrected chi connectivity index (χ1v) is 8.77. The lowest BCUT2D eigenvalue weighted by Gasteiger charge is -2.13. The molecule has 1 aromatic carbocycles. The van der Waals surface area contributed by atoms with Crippen LogP contribution in [0.2, 0.25) is 0 Å². The fourth-order valence-electron chi connectivity index (χ4n) is 1.39. The third-order valence-electron chi connectivity index (χ3n) is 2.19. The molecule has 0 bridgehead atoms. The average molecular weight is 277 g/mol. The molecule has 0 saturated carbocycles. The van der Waals surface area contributed by atoms with Crippen molar-refractivity contribution in [2.24, 2.45) is 5.14 Å². The number of thioether (sulfide) groups is 2. The molecule has 6 heteroatoms. The smallest absolute Gasteiger partial charge is 0.225 e. The van der Waals surface area contributed by atoms with Gasteiger partial charge >= 0.3 is 0 Å². The Balaban J connectivity index is 3.05. The maximum atomic E-state index is 11.4. The Morgan fingerprint density at radius 1 is 1.25 bits per heavy atom. The number of benzene rings is 1. The number of rotatable bonds is 5. The van der Waals surface area contributed by atoms with Gasteiger partial charge in [0.2, 0.25) is 10.0 Å². The molecule has 0 aliphatic rings. The normalized spacial score (nSPS) is 12.0. The third kappa shape index (κ3) is 3.69. The Morgan fingerprint density at radius 3 is 2.31 bits per heavy atom. The van der Waals surface area contributed by atoms with Gasteiger partial charge in [0.15, 0.2) is 0 Å². The molecule has 1 aromatic rings. The number of hydrogen-bond acceptors (Lipinski definition) is 4. The van der Waals surface area contributed by atoms with Crippen LogP contribution in [0.3, 0.4) is 0 Å². The van der Waals surface area contributed by atoms with Gasteiger partial charge in [-0.2, -0.15) is 23.5 Å². The van der Waals surface area contributed by atoms with Crippen molar-refractivity contribution < 1.29 is 8.42 Å². The summed E-state index contributed by atoms with van der Waals surface area (Å²) in [6, 6.07) is 6.90. The highest BCUT2D eigenvalue weighted by molar-refractivity contribution is 8.16. The topological polar surface area (TPSA) is 60.2 Å². The minimum Gasteiger partial charge on any atom is -0.225 e. The minimum atomic E-state index is -3.61. The van der Waals surface area contributed by atoms with Crippen LogP contribution in [0.4, 0.5) is 0 Å². The van der Waals surface area contributed by atoms with Crippen molar-refractivity contribution in [2.75, 3.05) is 12.5 Å². The Bertz CT molecular complexity index is 441. The van der Waals surface area contributed by atoms with Gasteiger partial charge in [-0.3, -0.25) is 0 Å². The summed E-state index contributed by atoms with van der Waals surface area (Å²) < 4.78 is 23.1. The zero-order valence-electron chi connectivity index (χ0n) is 9.21. The van der Waals surface area contributed by atoms with Crippen LogP contribution in [0.5, 0.6) is 0 Å². The van der Waals surface area contributed by atoms with E-state index < -0.39 is 10.0 Å². The van der Waals surface area contributed by atoms with Crippen LogP contribution in [0, 0.1) is 0 Å². The van der Waals surface area contributed by atoms with Gasteiger partial charge in [0.25, 0.3) is 0 Å². The second kappa shape index (κ2) is 5.95. The molecule has 0 fully saturated rings. The summed E-state index contributed by atoms with van der Waals surface area (Å²) in [5.41, 5.74) is 0.790. The Labute approximate surface area is 105 Å². The minimum absolute atomic E-state index is 0.239. The Hall–Kier alpha value is -0.170. The zero-order chi connectivity index (χ0) is 12.2. The lowest BCUT2D eigenvalue weighted by atomic mass is 10.2. The van der Waals surface area contributed by atoms with Crippen LogP contribution >= 0.6 is 23.5 Å². The summed E-state index contributed by atoms with van der Waals surface area (Å²) in [6.45, 7) is 0. The second-order valence-corrected chi connectivity index (χ2v) is 7.17. The summed E-state index contributed by atoms with van der Waals surface area (Å²) in [5.74, 6) is 0. The molecule has 0 heterocycles. The van der Waals surface area contributed by atoms with Crippen molar-refractivity contribution >= 4 is 33.5 Å². The quantitative estimate of drug-likeness (QED) is 0.835. The second-order valence-electron chi connectivity index (χ2n) is 3.26. The average Bonchev–Trinajstić information content (AvgIpc) is 2.25. The van der Waals surface area contributed by atoms with Crippen molar-refractivity contribution in [2.45, 2.75) is 15.9 Å². The standard InChI is InChI=1S/C10H15NO2S3/c1-14-10(15-2)7-8-5-3-4-6-9(8)16(11,12)13/h3-6,10H,7H2,1-2H3,(H2,11,12,13). The maximum absolute atomic E-state index is 11.4. The molecule has 90 valence electrons. The van der Waals surface area contributed by atoms with Gasteiger partial charge in [-0.25, -0.2) is 13.6 Å². The molecule has 0 unspecified atom stereocenters. The van der Waals surface area contributed by atoms with Crippen molar-refractivity contribution in [3.63, 3.8) is 0 Å². The van der Waals surface area contributed by atoms with Crippen molar-refractivity contribution in [3.05, 3.63) is 29.8 Å². The van der Waals surface area contributed by atoms with Crippen molar-refractivity contribution in [1.82, 2.24) is 0 Å². The van der Waals surface area contributed by atoms with E-state index in [0.717, 1.165) is 5.56 Å². The highest BCUT2D eigenvalue weighted by atomic mass is 32.2. The highest BCUT2D eigenvalue weighted by Gasteiger charge is 2.15. The lowest BCUT2D eigenvalue weighted by molar-refractivity contribution is 0.596. The summed E-state index contributed by atoms with van der Waals surface area (Å²) in [6.07, 6.45) is 4.73. The first-order chi connectivity index (χ1) is 7.49. The number of sulfonamides is 1. The van der Waals surface area contributed by atoms with Crippen LogP contribution in [-0.4, -0.2) is 25.5 Å². The van der Waals surface area contributed by atoms with Crippen molar-refractivity contribution in [1.29, 1.82) is 0 Å². The van der Waals surface area contributed by atoms with Gasteiger partial charge in [-0.1, -0.05) is 18.2 Å². The molecule has 0 amide bonds. The molecule has 16 heavy (non-hydrogen) atoms. The van der Waals surface area contributed by atoms with E-state index in [1.54, 1.807) is 35.7 Å². The molecule has 3 nitrogen and oxygen atoms in total. The van der Waals surface area contributed by atoms with Crippen LogP contribution < -0.4 is 5.14 Å². The van der Waals surface area contributed by atoms with E-state index in [1.807, 2.05) is 24.6 Å². The fraction of sp³-hybridized carbons (Fsp3) is 0.400. The molecule has 0 aliphatic heterocycles. The molecular weight excluding hydrogens is 262 g/mol. The molecule has 0 radical (unpaired) electrons. The number of primary sulfonamides is 1. The van der Waals surface area contributed by atoms with E-state index in [1.165, 1.54) is 0 Å². The molecular formula is C10H15NO2S3. The molecule has 1 rings (SSSR count).